The van der Waals surface area contributed by atoms with E-state index >= 15 is 0 Å². The van der Waals surface area contributed by atoms with Crippen molar-refractivity contribution in [1.29, 1.82) is 0 Å². The Morgan fingerprint density at radius 1 is 1.04 bits per heavy atom. The normalized spacial score (nSPS) is 14.8. The number of carbonyl (C=O) groups is 3. The summed E-state index contributed by atoms with van der Waals surface area (Å²) < 4.78 is 20.2. The van der Waals surface area contributed by atoms with Gasteiger partial charge in [-0.1, -0.05) is 44.6 Å². The number of carbonyl (C=O) groups excluding carboxylic acids is 3. The van der Waals surface area contributed by atoms with Gasteiger partial charge in [-0.3, -0.25) is 14.3 Å². The van der Waals surface area contributed by atoms with Crippen LogP contribution >= 0.6 is 0 Å². The first-order chi connectivity index (χ1) is 23.6. The van der Waals surface area contributed by atoms with Crippen LogP contribution in [0.3, 0.4) is 0 Å². The average Bonchev–Trinajstić information content (AvgIpc) is 3.45. The van der Waals surface area contributed by atoms with Crippen molar-refractivity contribution >= 4 is 37.1 Å². The Bertz CT molecular complexity index is 1840. The number of rotatable bonds is 12. The van der Waals surface area contributed by atoms with Crippen LogP contribution in [0.1, 0.15) is 92.1 Å². The lowest BCUT2D eigenvalue weighted by Gasteiger charge is -2.39. The zero-order valence-corrected chi connectivity index (χ0v) is 33.3. The first kappa shape index (κ1) is 39.5. The minimum absolute atomic E-state index is 0.0235. The molecule has 276 valence electrons. The standard InChI is InChI=1S/C39H55N5O6Si/c1-24(2)44-22-32-30(36(46)40-21-31-26(4)16-25(3)17-34(31)45)19-33(42-35(32)43-44)27-14-13-15-28(18-27)48-23-29(50-51(11,12)39(8,9)10)20-41-37(47)49-38(5,6)7/h13-16,18-19,22,24,29H,17,20-21,23H2,1-12H3,(H,40,46)(H,41,47). The Labute approximate surface area is 303 Å². The maximum atomic E-state index is 13.8. The van der Waals surface area contributed by atoms with Crippen LogP contribution in [0.25, 0.3) is 22.3 Å². The first-order valence-corrected chi connectivity index (χ1v) is 20.5. The van der Waals surface area contributed by atoms with Gasteiger partial charge in [0.1, 0.15) is 18.0 Å². The predicted molar refractivity (Wildman–Crippen MR) is 204 cm³/mol. The van der Waals surface area contributed by atoms with E-state index in [9.17, 15) is 14.4 Å². The SMILES string of the molecule is CC1=CC(C)=C(CNC(=O)c2cc(-c3cccc(OCC(CNC(=O)OC(C)(C)C)O[Si](C)(C)C(C)(C)C)c3)nc3nn(C(C)C)cc23)C(=O)C1. The number of benzene rings is 1. The third-order valence-electron chi connectivity index (χ3n) is 9.13. The topological polar surface area (TPSA) is 134 Å². The highest BCUT2D eigenvalue weighted by molar-refractivity contribution is 6.74. The molecule has 2 aromatic heterocycles. The molecule has 0 spiro atoms. The van der Waals surface area contributed by atoms with E-state index in [-0.39, 0.29) is 42.5 Å². The van der Waals surface area contributed by atoms with E-state index in [0.29, 0.717) is 40.0 Å². The van der Waals surface area contributed by atoms with Gasteiger partial charge in [-0.25, -0.2) is 9.78 Å². The van der Waals surface area contributed by atoms with E-state index in [4.69, 9.17) is 18.9 Å². The molecule has 12 heteroatoms. The van der Waals surface area contributed by atoms with Crippen molar-refractivity contribution in [2.45, 2.75) is 112 Å². The molecule has 2 amide bonds. The third-order valence-corrected chi connectivity index (χ3v) is 13.7. The Kier molecular flexibility index (Phi) is 12.0. The first-order valence-electron chi connectivity index (χ1n) is 17.6. The number of nitrogens with one attached hydrogen (secondary N) is 2. The zero-order chi connectivity index (χ0) is 37.9. The fraction of sp³-hybridized carbons (Fsp3) is 0.513. The number of fused-ring (bicyclic) bond motifs is 1. The number of ketones is 1. The second-order valence-corrected chi connectivity index (χ2v) is 20.9. The van der Waals surface area contributed by atoms with Crippen LogP contribution in [0.5, 0.6) is 5.75 Å². The molecule has 4 rings (SSSR count). The Hall–Kier alpha value is -4.29. The van der Waals surface area contributed by atoms with Crippen LogP contribution in [-0.4, -0.2) is 72.3 Å². The highest BCUT2D eigenvalue weighted by Gasteiger charge is 2.39. The van der Waals surface area contributed by atoms with Gasteiger partial charge < -0.3 is 24.5 Å². The lowest BCUT2D eigenvalue weighted by atomic mass is 9.92. The molecule has 0 bridgehead atoms. The van der Waals surface area contributed by atoms with Crippen molar-refractivity contribution < 1.29 is 28.3 Å². The molecule has 2 heterocycles. The number of Topliss-reactive ketones (excluding diaryl/α,β-unsaturated/α-hetero) is 1. The molecular formula is C39H55N5O6Si. The molecule has 2 N–H and O–H groups in total. The van der Waals surface area contributed by atoms with Gasteiger partial charge in [0, 0.05) is 42.9 Å². The van der Waals surface area contributed by atoms with E-state index < -0.39 is 26.1 Å². The molecule has 1 aromatic carbocycles. The number of amides is 2. The van der Waals surface area contributed by atoms with E-state index in [1.807, 2.05) is 85.0 Å². The van der Waals surface area contributed by atoms with Crippen molar-refractivity contribution in [1.82, 2.24) is 25.4 Å². The number of alkyl carbamates (subject to hydrolysis) is 1. The minimum atomic E-state index is -2.22. The van der Waals surface area contributed by atoms with Crippen LogP contribution in [0.4, 0.5) is 4.79 Å². The van der Waals surface area contributed by atoms with Crippen molar-refractivity contribution in [3.05, 3.63) is 64.9 Å². The van der Waals surface area contributed by atoms with Crippen LogP contribution in [0.15, 0.2) is 59.3 Å². The van der Waals surface area contributed by atoms with Gasteiger partial charge in [0.15, 0.2) is 19.7 Å². The van der Waals surface area contributed by atoms with Crippen molar-refractivity contribution in [2.24, 2.45) is 0 Å². The molecule has 0 saturated heterocycles. The van der Waals surface area contributed by atoms with Crippen LogP contribution in [-0.2, 0) is 14.0 Å². The third kappa shape index (κ3) is 10.4. The summed E-state index contributed by atoms with van der Waals surface area (Å²) in [5, 5.41) is 11.1. The second-order valence-electron chi connectivity index (χ2n) is 16.2. The van der Waals surface area contributed by atoms with Gasteiger partial charge in [0.25, 0.3) is 5.91 Å². The van der Waals surface area contributed by atoms with E-state index in [1.165, 1.54) is 0 Å². The Balaban J connectivity index is 1.60. The van der Waals surface area contributed by atoms with Crippen molar-refractivity contribution in [3.8, 4) is 17.0 Å². The van der Waals surface area contributed by atoms with E-state index in [0.717, 1.165) is 16.7 Å². The quantitative estimate of drug-likeness (QED) is 0.181. The van der Waals surface area contributed by atoms with Gasteiger partial charge in [-0.15, -0.1) is 0 Å². The van der Waals surface area contributed by atoms with Gasteiger partial charge in [0.05, 0.1) is 22.7 Å². The van der Waals surface area contributed by atoms with Crippen LogP contribution in [0.2, 0.25) is 18.1 Å². The molecule has 1 atom stereocenters. The molecular weight excluding hydrogens is 663 g/mol. The smallest absolute Gasteiger partial charge is 0.407 e. The molecule has 1 unspecified atom stereocenters. The minimum Gasteiger partial charge on any atom is -0.491 e. The van der Waals surface area contributed by atoms with Gasteiger partial charge >= 0.3 is 6.09 Å². The molecule has 1 aliphatic rings. The number of hydrogen-bond donors (Lipinski definition) is 2. The molecule has 0 fully saturated rings. The van der Waals surface area contributed by atoms with Gasteiger partial charge in [-0.2, -0.15) is 5.10 Å². The molecule has 51 heavy (non-hydrogen) atoms. The number of aromatic nitrogens is 3. The van der Waals surface area contributed by atoms with E-state index in [1.54, 1.807) is 10.7 Å². The summed E-state index contributed by atoms with van der Waals surface area (Å²) in [6.45, 7) is 24.7. The lowest BCUT2D eigenvalue weighted by Crippen LogP contribution is -2.49. The fourth-order valence-electron chi connectivity index (χ4n) is 5.38. The largest absolute Gasteiger partial charge is 0.491 e. The van der Waals surface area contributed by atoms with Crippen LogP contribution in [0, 0.1) is 0 Å². The highest BCUT2D eigenvalue weighted by Crippen LogP contribution is 2.37. The Morgan fingerprint density at radius 3 is 2.37 bits per heavy atom. The van der Waals surface area contributed by atoms with E-state index in [2.05, 4.69) is 49.6 Å². The zero-order valence-electron chi connectivity index (χ0n) is 32.3. The summed E-state index contributed by atoms with van der Waals surface area (Å²) in [4.78, 5) is 43.8. The molecule has 0 radical (unpaired) electrons. The number of nitrogens with zero attached hydrogens (tertiary/aromatic N) is 3. The predicted octanol–water partition coefficient (Wildman–Crippen LogP) is 7.94. The molecule has 0 saturated carbocycles. The van der Waals surface area contributed by atoms with Crippen molar-refractivity contribution in [2.75, 3.05) is 19.7 Å². The number of allylic oxidation sites excluding steroid dienone is 3. The maximum Gasteiger partial charge on any atom is 0.407 e. The average molecular weight is 718 g/mol. The molecule has 0 aliphatic heterocycles. The summed E-state index contributed by atoms with van der Waals surface area (Å²) in [6, 6.07) is 9.30. The maximum absolute atomic E-state index is 13.8. The summed E-state index contributed by atoms with van der Waals surface area (Å²) in [5.41, 5.74) is 4.01. The summed E-state index contributed by atoms with van der Waals surface area (Å²) in [6.07, 6.45) is 3.24. The molecule has 1 aliphatic carbocycles. The van der Waals surface area contributed by atoms with Crippen LogP contribution < -0.4 is 15.4 Å². The van der Waals surface area contributed by atoms with Gasteiger partial charge in [0.2, 0.25) is 0 Å². The number of ether oxygens (including phenoxy) is 2. The molecule has 11 nitrogen and oxygen atoms in total. The summed E-state index contributed by atoms with van der Waals surface area (Å²) >= 11 is 0. The monoisotopic (exact) mass is 717 g/mol. The Morgan fingerprint density at radius 2 is 1.75 bits per heavy atom. The lowest BCUT2D eigenvalue weighted by molar-refractivity contribution is -0.115. The second kappa shape index (κ2) is 15.5. The van der Waals surface area contributed by atoms with Gasteiger partial charge in [-0.05, 0) is 90.4 Å². The summed E-state index contributed by atoms with van der Waals surface area (Å²) in [7, 11) is -2.22. The number of hydrogen-bond acceptors (Lipinski definition) is 8. The summed E-state index contributed by atoms with van der Waals surface area (Å²) in [5.74, 6) is 0.285. The number of pyridine rings is 1. The highest BCUT2D eigenvalue weighted by atomic mass is 28.4. The fourth-order valence-corrected chi connectivity index (χ4v) is 6.72. The van der Waals surface area contributed by atoms with Crippen molar-refractivity contribution in [3.63, 3.8) is 0 Å². The molecule has 3 aromatic rings.